The lowest BCUT2D eigenvalue weighted by molar-refractivity contribution is 0.603. The van der Waals surface area contributed by atoms with Crippen LogP contribution in [0.15, 0.2) is 26.5 Å². The highest BCUT2D eigenvalue weighted by Crippen LogP contribution is 2.31. The zero-order chi connectivity index (χ0) is 13.3. The van der Waals surface area contributed by atoms with Crippen LogP contribution in [-0.2, 0) is 10.0 Å². The second-order valence-electron chi connectivity index (χ2n) is 3.35. The summed E-state index contributed by atoms with van der Waals surface area (Å²) < 4.78 is 27.4. The molecule has 0 aliphatic rings. The molecule has 0 saturated heterocycles. The fourth-order valence-corrected chi connectivity index (χ4v) is 4.51. The Morgan fingerprint density at radius 2 is 2.11 bits per heavy atom. The molecule has 0 aromatic carbocycles. The van der Waals surface area contributed by atoms with E-state index >= 15 is 0 Å². The van der Waals surface area contributed by atoms with E-state index in [-0.39, 0.29) is 15.2 Å². The Hall–Kier alpha value is -0.700. The van der Waals surface area contributed by atoms with E-state index in [4.69, 9.17) is 11.6 Å². The number of nitrogens with one attached hydrogen (secondary N) is 1. The molecule has 0 amide bonds. The summed E-state index contributed by atoms with van der Waals surface area (Å²) in [5.41, 5.74) is 0.862. The summed E-state index contributed by atoms with van der Waals surface area (Å²) in [5.74, 6) is 0.136. The third kappa shape index (κ3) is 3.00. The zero-order valence-electron chi connectivity index (χ0n) is 9.02. The first-order valence-corrected chi connectivity index (χ1v) is 8.12. The Kier molecular flexibility index (Phi) is 3.90. The van der Waals surface area contributed by atoms with E-state index < -0.39 is 10.0 Å². The lowest BCUT2D eigenvalue weighted by Gasteiger charge is -2.04. The molecule has 2 rings (SSSR count). The van der Waals surface area contributed by atoms with E-state index in [1.807, 2.05) is 6.92 Å². The first-order chi connectivity index (χ1) is 8.38. The topological polar surface area (TPSA) is 72.0 Å². The molecule has 9 heteroatoms. The van der Waals surface area contributed by atoms with Crippen LogP contribution in [0.25, 0.3) is 0 Å². The molecule has 0 radical (unpaired) electrons. The van der Waals surface area contributed by atoms with Crippen LogP contribution in [0, 0.1) is 6.92 Å². The van der Waals surface area contributed by atoms with Gasteiger partial charge >= 0.3 is 0 Å². The molecule has 1 N–H and O–H groups in total. The predicted octanol–water partition coefficient (Wildman–Crippen LogP) is 3.06. The number of sulfonamides is 1. The molecule has 2 heterocycles. The quantitative estimate of drug-likeness (QED) is 0.845. The van der Waals surface area contributed by atoms with Crippen molar-refractivity contribution in [1.29, 1.82) is 0 Å². The Morgan fingerprint density at radius 3 is 2.67 bits per heavy atom. The third-order valence-corrected chi connectivity index (χ3v) is 6.14. The van der Waals surface area contributed by atoms with Gasteiger partial charge in [0.15, 0.2) is 0 Å². The third-order valence-electron chi connectivity index (χ3n) is 1.97. The molecule has 96 valence electrons. The number of nitrogens with zero attached hydrogens (tertiary/aromatic N) is 2. The van der Waals surface area contributed by atoms with Crippen molar-refractivity contribution in [2.75, 3.05) is 4.72 Å². The van der Waals surface area contributed by atoms with Crippen LogP contribution in [0.4, 0.5) is 5.82 Å². The number of thiophene rings is 1. The van der Waals surface area contributed by atoms with Gasteiger partial charge in [0.05, 0.1) is 3.79 Å². The lowest BCUT2D eigenvalue weighted by Crippen LogP contribution is -2.12. The highest BCUT2D eigenvalue weighted by molar-refractivity contribution is 9.11. The Balaban J connectivity index is 2.33. The molecule has 0 unspecified atom stereocenters. The highest BCUT2D eigenvalue weighted by atomic mass is 79.9. The second-order valence-corrected chi connectivity index (χ2v) is 8.02. The molecule has 0 atom stereocenters. The van der Waals surface area contributed by atoms with Crippen LogP contribution in [0.1, 0.15) is 5.56 Å². The van der Waals surface area contributed by atoms with E-state index in [0.717, 1.165) is 20.7 Å². The summed E-state index contributed by atoms with van der Waals surface area (Å²) in [6.07, 6.45) is 1.19. The first-order valence-electron chi connectivity index (χ1n) is 4.65. The summed E-state index contributed by atoms with van der Waals surface area (Å²) in [7, 11) is -3.64. The largest absolute Gasteiger partial charge is 0.272 e. The van der Waals surface area contributed by atoms with Gasteiger partial charge < -0.3 is 0 Å². The van der Waals surface area contributed by atoms with Crippen molar-refractivity contribution in [3.05, 3.63) is 33.0 Å². The smallest absolute Gasteiger partial charge is 0.263 e. The van der Waals surface area contributed by atoms with Crippen LogP contribution in [0.3, 0.4) is 0 Å². The number of hydrogen-bond donors (Lipinski definition) is 1. The van der Waals surface area contributed by atoms with E-state index in [2.05, 4.69) is 30.6 Å². The van der Waals surface area contributed by atoms with Crippen molar-refractivity contribution < 1.29 is 8.42 Å². The lowest BCUT2D eigenvalue weighted by atomic mass is 10.4. The van der Waals surface area contributed by atoms with Crippen molar-refractivity contribution in [2.24, 2.45) is 0 Å². The Bertz CT molecular complexity index is 667. The summed E-state index contributed by atoms with van der Waals surface area (Å²) in [5, 5.41) is 0.172. The Morgan fingerprint density at radius 1 is 1.39 bits per heavy atom. The molecule has 2 aromatic heterocycles. The number of hydrogen-bond acceptors (Lipinski definition) is 5. The molecule has 0 aliphatic heterocycles. The molecule has 18 heavy (non-hydrogen) atoms. The van der Waals surface area contributed by atoms with Gasteiger partial charge in [-0.05, 0) is 34.5 Å². The van der Waals surface area contributed by atoms with Gasteiger partial charge in [-0.25, -0.2) is 18.4 Å². The Labute approximate surface area is 121 Å². The number of halogens is 2. The molecule has 0 saturated carbocycles. The molecular weight excluding hydrogens is 362 g/mol. The standard InChI is InChI=1S/C9H7BrClN3O2S2/c1-5-2-8(17-9(5)10)18(15,16)14-7-3-6(11)12-4-13-7/h2-4H,1H3,(H,12,13,14). The van der Waals surface area contributed by atoms with Crippen molar-refractivity contribution >= 4 is 54.7 Å². The van der Waals surface area contributed by atoms with Crippen LogP contribution in [0.2, 0.25) is 5.15 Å². The van der Waals surface area contributed by atoms with E-state index in [0.29, 0.717) is 0 Å². The summed E-state index contributed by atoms with van der Waals surface area (Å²) in [6.45, 7) is 1.82. The average molecular weight is 369 g/mol. The van der Waals surface area contributed by atoms with Gasteiger partial charge in [-0.15, -0.1) is 11.3 Å². The van der Waals surface area contributed by atoms with Crippen molar-refractivity contribution in [3.8, 4) is 0 Å². The maximum absolute atomic E-state index is 12.1. The van der Waals surface area contributed by atoms with Crippen LogP contribution >= 0.6 is 38.9 Å². The van der Waals surface area contributed by atoms with Crippen molar-refractivity contribution in [1.82, 2.24) is 9.97 Å². The molecule has 0 fully saturated rings. The number of aryl methyl sites for hydroxylation is 1. The predicted molar refractivity (Wildman–Crippen MR) is 74.6 cm³/mol. The molecular formula is C9H7BrClN3O2S2. The van der Waals surface area contributed by atoms with Gasteiger partial charge in [-0.1, -0.05) is 11.6 Å². The maximum atomic E-state index is 12.1. The molecule has 0 bridgehead atoms. The fourth-order valence-electron chi connectivity index (χ4n) is 1.14. The van der Waals surface area contributed by atoms with E-state index in [1.165, 1.54) is 12.4 Å². The average Bonchev–Trinajstić information content (AvgIpc) is 2.59. The van der Waals surface area contributed by atoms with Gasteiger partial charge in [0.25, 0.3) is 10.0 Å². The molecule has 2 aromatic rings. The molecule has 5 nitrogen and oxygen atoms in total. The van der Waals surface area contributed by atoms with Gasteiger partial charge in [-0.2, -0.15) is 0 Å². The van der Waals surface area contributed by atoms with Gasteiger partial charge in [0.2, 0.25) is 0 Å². The number of aromatic nitrogens is 2. The number of rotatable bonds is 3. The van der Waals surface area contributed by atoms with Crippen LogP contribution in [0.5, 0.6) is 0 Å². The summed E-state index contributed by atoms with van der Waals surface area (Å²) in [4.78, 5) is 7.46. The SMILES string of the molecule is Cc1cc(S(=O)(=O)Nc2cc(Cl)ncn2)sc1Br. The minimum atomic E-state index is -3.64. The molecule has 0 spiro atoms. The summed E-state index contributed by atoms with van der Waals surface area (Å²) in [6, 6.07) is 2.93. The van der Waals surface area contributed by atoms with Gasteiger partial charge in [0.1, 0.15) is 21.5 Å². The van der Waals surface area contributed by atoms with E-state index in [9.17, 15) is 8.42 Å². The normalized spacial score (nSPS) is 11.5. The minimum Gasteiger partial charge on any atom is -0.263 e. The van der Waals surface area contributed by atoms with Gasteiger partial charge in [-0.3, -0.25) is 4.72 Å². The molecule has 0 aliphatic carbocycles. The summed E-state index contributed by atoms with van der Waals surface area (Å²) >= 11 is 10.1. The second kappa shape index (κ2) is 5.12. The van der Waals surface area contributed by atoms with Crippen LogP contribution < -0.4 is 4.72 Å². The van der Waals surface area contributed by atoms with Crippen molar-refractivity contribution in [3.63, 3.8) is 0 Å². The number of anilines is 1. The fraction of sp³-hybridized carbons (Fsp3) is 0.111. The van der Waals surface area contributed by atoms with Crippen molar-refractivity contribution in [2.45, 2.75) is 11.1 Å². The van der Waals surface area contributed by atoms with Gasteiger partial charge in [0, 0.05) is 6.07 Å². The highest BCUT2D eigenvalue weighted by Gasteiger charge is 2.19. The van der Waals surface area contributed by atoms with E-state index in [1.54, 1.807) is 6.07 Å². The minimum absolute atomic E-state index is 0.136. The maximum Gasteiger partial charge on any atom is 0.272 e. The monoisotopic (exact) mass is 367 g/mol. The first kappa shape index (κ1) is 13.7. The zero-order valence-corrected chi connectivity index (χ0v) is 13.0. The van der Waals surface area contributed by atoms with Crippen LogP contribution in [-0.4, -0.2) is 18.4 Å².